The van der Waals surface area contributed by atoms with Crippen LogP contribution in [0.4, 0.5) is 0 Å². The van der Waals surface area contributed by atoms with Gasteiger partial charge in [-0.05, 0) is 55.5 Å². The Labute approximate surface area is 187 Å². The number of ether oxygens (including phenoxy) is 1. The number of esters is 1. The van der Waals surface area contributed by atoms with E-state index in [1.54, 1.807) is 48.6 Å². The number of fused-ring (bicyclic) bond motifs is 1. The van der Waals surface area contributed by atoms with E-state index in [1.165, 1.54) is 11.3 Å². The van der Waals surface area contributed by atoms with Crippen molar-refractivity contribution in [3.63, 3.8) is 0 Å². The number of thiazole rings is 1. The number of carbonyl (C=O) groups is 1. The van der Waals surface area contributed by atoms with Gasteiger partial charge in [0.25, 0.3) is 5.56 Å². The van der Waals surface area contributed by atoms with Crippen molar-refractivity contribution in [2.75, 3.05) is 12.9 Å². The van der Waals surface area contributed by atoms with Gasteiger partial charge in [-0.3, -0.25) is 14.3 Å². The first-order valence-corrected chi connectivity index (χ1v) is 11.8. The summed E-state index contributed by atoms with van der Waals surface area (Å²) in [4.78, 5) is 36.7. The first kappa shape index (κ1) is 21.3. The summed E-state index contributed by atoms with van der Waals surface area (Å²) in [6, 6.07) is 11.0. The minimum absolute atomic E-state index is 0.194. The predicted molar refractivity (Wildman–Crippen MR) is 123 cm³/mol. The monoisotopic (exact) mass is 451 g/mol. The third kappa shape index (κ3) is 4.13. The maximum atomic E-state index is 13.4. The second-order valence-electron chi connectivity index (χ2n) is 6.86. The van der Waals surface area contributed by atoms with E-state index in [9.17, 15) is 9.59 Å². The molecule has 0 saturated heterocycles. The molecule has 1 aliphatic heterocycles. The van der Waals surface area contributed by atoms with Gasteiger partial charge >= 0.3 is 5.97 Å². The summed E-state index contributed by atoms with van der Waals surface area (Å²) in [7, 11) is 0. The van der Waals surface area contributed by atoms with Crippen LogP contribution in [0.2, 0.25) is 0 Å². The molecule has 1 aromatic carbocycles. The first-order chi connectivity index (χ1) is 15.0. The van der Waals surface area contributed by atoms with Gasteiger partial charge < -0.3 is 4.74 Å². The van der Waals surface area contributed by atoms with Crippen molar-refractivity contribution < 1.29 is 9.53 Å². The molecule has 1 atom stereocenters. The van der Waals surface area contributed by atoms with E-state index in [4.69, 9.17) is 4.74 Å². The molecule has 0 unspecified atom stereocenters. The maximum Gasteiger partial charge on any atom is 0.338 e. The van der Waals surface area contributed by atoms with Crippen LogP contribution < -0.4 is 14.9 Å². The van der Waals surface area contributed by atoms with Gasteiger partial charge in [-0.25, -0.2) is 9.79 Å². The van der Waals surface area contributed by atoms with E-state index in [-0.39, 0.29) is 12.2 Å². The normalized spacial score (nSPS) is 16.1. The molecule has 3 aromatic rings. The Bertz CT molecular complexity index is 1320. The van der Waals surface area contributed by atoms with E-state index >= 15 is 0 Å². The van der Waals surface area contributed by atoms with E-state index in [0.29, 0.717) is 20.6 Å². The highest BCUT2D eigenvalue weighted by Crippen LogP contribution is 2.31. The second kappa shape index (κ2) is 9.03. The minimum Gasteiger partial charge on any atom is -0.463 e. The van der Waals surface area contributed by atoms with E-state index < -0.39 is 12.0 Å². The number of aromatic nitrogens is 2. The molecule has 158 valence electrons. The first-order valence-electron chi connectivity index (χ1n) is 9.77. The molecule has 2 aromatic heterocycles. The summed E-state index contributed by atoms with van der Waals surface area (Å²) in [5, 5.41) is 0. The number of rotatable bonds is 5. The lowest BCUT2D eigenvalue weighted by molar-refractivity contribution is -0.139. The number of allylic oxidation sites excluding steroid dienone is 1. The number of carbonyl (C=O) groups excluding carboxylic acids is 1. The molecule has 0 N–H and O–H groups in total. The Morgan fingerprint density at radius 2 is 2.06 bits per heavy atom. The van der Waals surface area contributed by atoms with Crippen molar-refractivity contribution in [2.24, 2.45) is 4.99 Å². The molecule has 1 aliphatic rings. The van der Waals surface area contributed by atoms with Crippen molar-refractivity contribution in [3.8, 4) is 0 Å². The average Bonchev–Trinajstić information content (AvgIpc) is 3.08. The van der Waals surface area contributed by atoms with Crippen LogP contribution in [0, 0.1) is 0 Å². The Morgan fingerprint density at radius 1 is 1.29 bits per heavy atom. The fraction of sp³-hybridized carbons (Fsp3) is 0.217. The van der Waals surface area contributed by atoms with Gasteiger partial charge in [0.15, 0.2) is 4.80 Å². The number of hydrogen-bond acceptors (Lipinski definition) is 7. The van der Waals surface area contributed by atoms with Gasteiger partial charge in [0.1, 0.15) is 0 Å². The van der Waals surface area contributed by atoms with Crippen LogP contribution in [0.5, 0.6) is 0 Å². The second-order valence-corrected chi connectivity index (χ2v) is 8.75. The lowest BCUT2D eigenvalue weighted by Crippen LogP contribution is -2.39. The van der Waals surface area contributed by atoms with Gasteiger partial charge in [-0.1, -0.05) is 29.5 Å². The summed E-state index contributed by atoms with van der Waals surface area (Å²) >= 11 is 2.94. The number of benzene rings is 1. The van der Waals surface area contributed by atoms with Gasteiger partial charge in [0.2, 0.25) is 0 Å². The Hall–Kier alpha value is -2.97. The summed E-state index contributed by atoms with van der Waals surface area (Å²) in [5.74, 6) is -0.454. The van der Waals surface area contributed by atoms with Crippen LogP contribution in [-0.2, 0) is 9.53 Å². The Balaban J connectivity index is 1.95. The van der Waals surface area contributed by atoms with Crippen LogP contribution in [0.3, 0.4) is 0 Å². The van der Waals surface area contributed by atoms with Gasteiger partial charge in [-0.15, -0.1) is 11.8 Å². The molecule has 31 heavy (non-hydrogen) atoms. The standard InChI is InChI=1S/C23H21N3O3S2/c1-4-29-22(28)19-14(2)25-23-26(20(19)16-7-9-17(30-3)10-8-16)21(27)18(31-23)12-15-6-5-11-24-13-15/h5-13,20H,4H2,1-3H3/b18-12-/t20-/m1/s1. The number of thioether (sulfide) groups is 1. The summed E-state index contributed by atoms with van der Waals surface area (Å²) in [6.45, 7) is 3.80. The van der Waals surface area contributed by atoms with Crippen molar-refractivity contribution in [1.29, 1.82) is 0 Å². The van der Waals surface area contributed by atoms with Crippen LogP contribution in [-0.4, -0.2) is 28.4 Å². The maximum absolute atomic E-state index is 13.4. The number of pyridine rings is 1. The van der Waals surface area contributed by atoms with Gasteiger partial charge in [0, 0.05) is 17.3 Å². The zero-order valence-electron chi connectivity index (χ0n) is 17.4. The Morgan fingerprint density at radius 3 is 2.71 bits per heavy atom. The minimum atomic E-state index is -0.595. The molecule has 0 saturated carbocycles. The molecule has 8 heteroatoms. The van der Waals surface area contributed by atoms with Crippen LogP contribution in [0.15, 0.2) is 74.7 Å². The molecular weight excluding hydrogens is 430 g/mol. The molecule has 0 spiro atoms. The highest BCUT2D eigenvalue weighted by molar-refractivity contribution is 7.98. The molecule has 6 nitrogen and oxygen atoms in total. The fourth-order valence-electron chi connectivity index (χ4n) is 3.51. The predicted octanol–water partition coefficient (Wildman–Crippen LogP) is 2.92. The van der Waals surface area contributed by atoms with Crippen LogP contribution in [0.25, 0.3) is 6.08 Å². The van der Waals surface area contributed by atoms with E-state index in [2.05, 4.69) is 9.98 Å². The van der Waals surface area contributed by atoms with Gasteiger partial charge in [-0.2, -0.15) is 0 Å². The van der Waals surface area contributed by atoms with Crippen LogP contribution in [0.1, 0.15) is 31.0 Å². The molecule has 0 fully saturated rings. The highest BCUT2D eigenvalue weighted by Gasteiger charge is 2.33. The third-order valence-corrected chi connectivity index (χ3v) is 6.66. The fourth-order valence-corrected chi connectivity index (χ4v) is 4.96. The zero-order chi connectivity index (χ0) is 22.0. The molecule has 0 radical (unpaired) electrons. The Kier molecular flexibility index (Phi) is 6.20. The largest absolute Gasteiger partial charge is 0.463 e. The van der Waals surface area contributed by atoms with E-state index in [0.717, 1.165) is 16.0 Å². The molecule has 4 rings (SSSR count). The lowest BCUT2D eigenvalue weighted by Gasteiger charge is -2.24. The quantitative estimate of drug-likeness (QED) is 0.441. The number of hydrogen-bond donors (Lipinski definition) is 0. The molecular formula is C23H21N3O3S2. The van der Waals surface area contributed by atoms with Crippen molar-refractivity contribution in [1.82, 2.24) is 9.55 Å². The topological polar surface area (TPSA) is 73.6 Å². The zero-order valence-corrected chi connectivity index (χ0v) is 19.0. The third-order valence-electron chi connectivity index (χ3n) is 4.93. The average molecular weight is 452 g/mol. The molecule has 0 aliphatic carbocycles. The lowest BCUT2D eigenvalue weighted by atomic mass is 9.96. The van der Waals surface area contributed by atoms with Crippen molar-refractivity contribution in [3.05, 3.63) is 90.9 Å². The van der Waals surface area contributed by atoms with Gasteiger partial charge in [0.05, 0.1) is 28.5 Å². The summed E-state index contributed by atoms with van der Waals surface area (Å²) in [6.07, 6.45) is 7.19. The molecule has 0 amide bonds. The molecule has 0 bridgehead atoms. The smallest absolute Gasteiger partial charge is 0.338 e. The summed E-state index contributed by atoms with van der Waals surface area (Å²) < 4.78 is 7.45. The summed E-state index contributed by atoms with van der Waals surface area (Å²) in [5.41, 5.74) is 2.42. The van der Waals surface area contributed by atoms with Crippen molar-refractivity contribution >= 4 is 35.1 Å². The van der Waals surface area contributed by atoms with Crippen LogP contribution >= 0.6 is 23.1 Å². The van der Waals surface area contributed by atoms with E-state index in [1.807, 2.05) is 42.7 Å². The highest BCUT2D eigenvalue weighted by atomic mass is 32.2. The number of nitrogens with zero attached hydrogens (tertiary/aromatic N) is 3. The molecule has 3 heterocycles. The van der Waals surface area contributed by atoms with Crippen molar-refractivity contribution in [2.45, 2.75) is 24.8 Å². The SMILES string of the molecule is CCOC(=O)C1=C(C)N=c2s/c(=C\c3cccnc3)c(=O)n2[C@@H]1c1ccc(SC)cc1.